The molecular weight excluding hydrogens is 170 g/mol. The molecule has 0 heterocycles. The molecule has 0 aliphatic carbocycles. The van der Waals surface area contributed by atoms with Gasteiger partial charge in [0, 0.05) is 6.08 Å². The molecule has 0 saturated heterocycles. The van der Waals surface area contributed by atoms with Crippen LogP contribution in [0.25, 0.3) is 0 Å². The lowest BCUT2D eigenvalue weighted by Gasteiger charge is -1.86. The molecule has 0 spiro atoms. The van der Waals surface area contributed by atoms with Crippen LogP contribution in [0.5, 0.6) is 0 Å². The summed E-state index contributed by atoms with van der Waals surface area (Å²) in [6, 6.07) is 1.97. The fourth-order valence-electron chi connectivity index (χ4n) is 1.00. The molecule has 0 bridgehead atoms. The lowest BCUT2D eigenvalue weighted by atomic mass is 10.2. The molecule has 1 heteroatoms. The van der Waals surface area contributed by atoms with E-state index in [0.717, 1.165) is 12.8 Å². The smallest absolute Gasteiger partial charge is 0.0908 e. The van der Waals surface area contributed by atoms with Gasteiger partial charge in [-0.1, -0.05) is 50.1 Å². The van der Waals surface area contributed by atoms with E-state index in [1.807, 2.05) is 12.1 Å². The molecule has 0 aliphatic heterocycles. The van der Waals surface area contributed by atoms with Gasteiger partial charge in [-0.25, -0.2) is 0 Å². The fraction of sp³-hybridized carbons (Fsp3) is 0.462. The summed E-state index contributed by atoms with van der Waals surface area (Å²) >= 11 is 0. The van der Waals surface area contributed by atoms with Gasteiger partial charge in [0.05, 0.1) is 6.07 Å². The van der Waals surface area contributed by atoms with Crippen LogP contribution in [0, 0.1) is 11.3 Å². The zero-order chi connectivity index (χ0) is 10.5. The van der Waals surface area contributed by atoms with E-state index in [4.69, 9.17) is 5.26 Å². The van der Waals surface area contributed by atoms with E-state index in [-0.39, 0.29) is 0 Å². The van der Waals surface area contributed by atoms with E-state index in [9.17, 15) is 0 Å². The Morgan fingerprint density at radius 2 is 1.64 bits per heavy atom. The summed E-state index contributed by atoms with van der Waals surface area (Å²) in [5, 5.41) is 8.22. The van der Waals surface area contributed by atoms with Crippen LogP contribution < -0.4 is 0 Å². The number of unbranched alkanes of at least 4 members (excludes halogenated alkanes) is 3. The van der Waals surface area contributed by atoms with Crippen molar-refractivity contribution in [1.82, 2.24) is 0 Å². The van der Waals surface area contributed by atoms with Crippen molar-refractivity contribution in [2.45, 2.75) is 39.0 Å². The van der Waals surface area contributed by atoms with Crippen LogP contribution in [0.2, 0.25) is 0 Å². The highest BCUT2D eigenvalue weighted by molar-refractivity contribution is 5.05. The topological polar surface area (TPSA) is 23.8 Å². The highest BCUT2D eigenvalue weighted by Gasteiger charge is 1.76. The van der Waals surface area contributed by atoms with Gasteiger partial charge in [-0.15, -0.1) is 0 Å². The van der Waals surface area contributed by atoms with Gasteiger partial charge in [-0.05, 0) is 19.3 Å². The molecule has 0 aromatic heterocycles. The minimum absolute atomic E-state index is 0.951. The monoisotopic (exact) mass is 189 g/mol. The summed E-state index contributed by atoms with van der Waals surface area (Å²) in [4.78, 5) is 0. The SMILES string of the molecule is CCCC/C=C/C=C/CC/C=C/C#N. The molecule has 76 valence electrons. The first kappa shape index (κ1) is 12.7. The average Bonchev–Trinajstić information content (AvgIpc) is 2.21. The molecule has 0 saturated carbocycles. The number of hydrogen-bond donors (Lipinski definition) is 0. The Kier molecular flexibility index (Phi) is 10.6. The molecule has 0 aromatic rings. The van der Waals surface area contributed by atoms with Gasteiger partial charge >= 0.3 is 0 Å². The van der Waals surface area contributed by atoms with Gasteiger partial charge in [0.15, 0.2) is 0 Å². The molecule has 0 aliphatic rings. The molecule has 1 nitrogen and oxygen atoms in total. The Balaban J connectivity index is 3.31. The number of nitriles is 1. The minimum Gasteiger partial charge on any atom is -0.193 e. The number of rotatable bonds is 7. The molecule has 0 radical (unpaired) electrons. The first-order valence-electron chi connectivity index (χ1n) is 5.28. The van der Waals surface area contributed by atoms with Gasteiger partial charge in [0.2, 0.25) is 0 Å². The molecule has 14 heavy (non-hydrogen) atoms. The number of hydrogen-bond acceptors (Lipinski definition) is 1. The van der Waals surface area contributed by atoms with Crippen LogP contribution in [-0.4, -0.2) is 0 Å². The third-order valence-corrected chi connectivity index (χ3v) is 1.80. The predicted octanol–water partition coefficient (Wildman–Crippen LogP) is 4.15. The second-order valence-corrected chi connectivity index (χ2v) is 3.11. The molecule has 0 atom stereocenters. The third-order valence-electron chi connectivity index (χ3n) is 1.80. The normalized spacial score (nSPS) is 11.7. The van der Waals surface area contributed by atoms with Gasteiger partial charge in [-0.3, -0.25) is 0 Å². The summed E-state index contributed by atoms with van der Waals surface area (Å²) in [6.45, 7) is 2.20. The Bertz CT molecular complexity index is 228. The standard InChI is InChI=1S/C13H19N/c1-2-3-4-5-6-7-8-9-10-11-12-13-14/h5-8,11-12H,2-4,9-10H2,1H3/b6-5+,8-7+,12-11+. The first-order chi connectivity index (χ1) is 6.91. The van der Waals surface area contributed by atoms with Crippen molar-refractivity contribution in [2.75, 3.05) is 0 Å². The van der Waals surface area contributed by atoms with E-state index in [0.29, 0.717) is 0 Å². The highest BCUT2D eigenvalue weighted by atomic mass is 14.2. The fourth-order valence-corrected chi connectivity index (χ4v) is 1.00. The van der Waals surface area contributed by atoms with E-state index in [1.54, 1.807) is 0 Å². The minimum atomic E-state index is 0.951. The maximum Gasteiger partial charge on any atom is 0.0908 e. The van der Waals surface area contributed by atoms with Crippen LogP contribution in [-0.2, 0) is 0 Å². The summed E-state index contributed by atoms with van der Waals surface area (Å²) in [6.07, 6.45) is 17.6. The van der Waals surface area contributed by atoms with Crippen molar-refractivity contribution in [3.63, 3.8) is 0 Å². The van der Waals surface area contributed by atoms with E-state index in [2.05, 4.69) is 31.2 Å². The molecule has 0 rings (SSSR count). The largest absolute Gasteiger partial charge is 0.193 e. The van der Waals surface area contributed by atoms with Crippen LogP contribution in [0.3, 0.4) is 0 Å². The first-order valence-corrected chi connectivity index (χ1v) is 5.28. The lowest BCUT2D eigenvalue weighted by Crippen LogP contribution is -1.66. The maximum atomic E-state index is 8.22. The van der Waals surface area contributed by atoms with Crippen molar-refractivity contribution in [2.24, 2.45) is 0 Å². The Hall–Kier alpha value is -1.29. The van der Waals surface area contributed by atoms with E-state index < -0.39 is 0 Å². The van der Waals surface area contributed by atoms with Crippen LogP contribution >= 0.6 is 0 Å². The van der Waals surface area contributed by atoms with E-state index >= 15 is 0 Å². The lowest BCUT2D eigenvalue weighted by molar-refractivity contribution is 0.815. The number of nitrogens with zero attached hydrogens (tertiary/aromatic N) is 1. The molecular formula is C13H19N. The Labute approximate surface area is 87.4 Å². The van der Waals surface area contributed by atoms with Crippen molar-refractivity contribution in [1.29, 1.82) is 5.26 Å². The van der Waals surface area contributed by atoms with Gasteiger partial charge < -0.3 is 0 Å². The Morgan fingerprint density at radius 1 is 1.00 bits per heavy atom. The van der Waals surface area contributed by atoms with E-state index in [1.165, 1.54) is 25.3 Å². The van der Waals surface area contributed by atoms with Crippen LogP contribution in [0.15, 0.2) is 36.5 Å². The van der Waals surface area contributed by atoms with Crippen molar-refractivity contribution in [3.05, 3.63) is 36.5 Å². The molecule has 0 amide bonds. The predicted molar refractivity (Wildman–Crippen MR) is 61.8 cm³/mol. The third kappa shape index (κ3) is 10.7. The molecule has 0 fully saturated rings. The second kappa shape index (κ2) is 11.7. The van der Waals surface area contributed by atoms with Crippen LogP contribution in [0.4, 0.5) is 0 Å². The summed E-state index contributed by atoms with van der Waals surface area (Å²) in [5.74, 6) is 0. The Morgan fingerprint density at radius 3 is 2.29 bits per heavy atom. The van der Waals surface area contributed by atoms with Crippen molar-refractivity contribution < 1.29 is 0 Å². The van der Waals surface area contributed by atoms with Crippen molar-refractivity contribution in [3.8, 4) is 6.07 Å². The van der Waals surface area contributed by atoms with Gasteiger partial charge in [0.25, 0.3) is 0 Å². The van der Waals surface area contributed by atoms with Gasteiger partial charge in [0.1, 0.15) is 0 Å². The number of allylic oxidation sites excluding steroid dienone is 6. The quantitative estimate of drug-likeness (QED) is 0.335. The zero-order valence-corrected chi connectivity index (χ0v) is 8.95. The zero-order valence-electron chi connectivity index (χ0n) is 8.95. The average molecular weight is 189 g/mol. The maximum absolute atomic E-state index is 8.22. The summed E-state index contributed by atoms with van der Waals surface area (Å²) in [7, 11) is 0. The highest BCUT2D eigenvalue weighted by Crippen LogP contribution is 1.96. The molecule has 0 N–H and O–H groups in total. The molecule has 0 unspecified atom stereocenters. The summed E-state index contributed by atoms with van der Waals surface area (Å²) in [5.41, 5.74) is 0. The summed E-state index contributed by atoms with van der Waals surface area (Å²) < 4.78 is 0. The van der Waals surface area contributed by atoms with Crippen molar-refractivity contribution >= 4 is 0 Å². The second-order valence-electron chi connectivity index (χ2n) is 3.11. The molecule has 0 aromatic carbocycles. The van der Waals surface area contributed by atoms with Crippen LogP contribution in [0.1, 0.15) is 39.0 Å². The van der Waals surface area contributed by atoms with Gasteiger partial charge in [-0.2, -0.15) is 5.26 Å².